The van der Waals surface area contributed by atoms with Gasteiger partial charge in [-0.2, -0.15) is 16.1 Å². The van der Waals surface area contributed by atoms with Crippen LogP contribution < -0.4 is 10.1 Å². The van der Waals surface area contributed by atoms with Crippen LogP contribution in [0.15, 0.2) is 47.4 Å². The number of benzene rings is 2. The van der Waals surface area contributed by atoms with Gasteiger partial charge in [-0.3, -0.25) is 4.79 Å². The molecule has 1 heterocycles. The first-order valence-electron chi connectivity index (χ1n) is 10.7. The summed E-state index contributed by atoms with van der Waals surface area (Å²) in [5.41, 5.74) is 1.28. The van der Waals surface area contributed by atoms with Gasteiger partial charge >= 0.3 is 0 Å². The summed E-state index contributed by atoms with van der Waals surface area (Å²) in [6.07, 6.45) is 3.79. The van der Waals surface area contributed by atoms with Gasteiger partial charge in [-0.05, 0) is 42.7 Å². The lowest BCUT2D eigenvalue weighted by atomic mass is 10.2. The number of hydrogen-bond donors (Lipinski definition) is 1. The van der Waals surface area contributed by atoms with E-state index in [0.717, 1.165) is 42.0 Å². The van der Waals surface area contributed by atoms with E-state index in [1.807, 2.05) is 24.3 Å². The van der Waals surface area contributed by atoms with Crippen LogP contribution in [0.2, 0.25) is 5.02 Å². The minimum absolute atomic E-state index is 0.124. The number of carbonyl (C=O) groups is 1. The zero-order chi connectivity index (χ0) is 23.0. The number of amides is 1. The second-order valence-electron chi connectivity index (χ2n) is 7.58. The predicted molar refractivity (Wildman–Crippen MR) is 130 cm³/mol. The van der Waals surface area contributed by atoms with Gasteiger partial charge in [0.05, 0.1) is 17.6 Å². The monoisotopic (exact) mass is 496 g/mol. The number of ether oxygens (including phenoxy) is 1. The summed E-state index contributed by atoms with van der Waals surface area (Å²) in [7, 11) is -2.18. The third kappa shape index (κ3) is 6.41. The van der Waals surface area contributed by atoms with Crippen molar-refractivity contribution in [3.63, 3.8) is 0 Å². The Labute approximate surface area is 199 Å². The van der Waals surface area contributed by atoms with E-state index in [0.29, 0.717) is 31.1 Å². The van der Waals surface area contributed by atoms with Crippen molar-refractivity contribution < 1.29 is 17.9 Å². The summed E-state index contributed by atoms with van der Waals surface area (Å²) >= 11 is 7.83. The highest BCUT2D eigenvalue weighted by Crippen LogP contribution is 2.26. The maximum absolute atomic E-state index is 13.1. The molecule has 32 heavy (non-hydrogen) atoms. The number of hydrogen-bond acceptors (Lipinski definition) is 5. The van der Waals surface area contributed by atoms with Gasteiger partial charge in [0.1, 0.15) is 5.75 Å². The van der Waals surface area contributed by atoms with Crippen LogP contribution in [0, 0.1) is 0 Å². The molecule has 6 nitrogen and oxygen atoms in total. The molecule has 2 aromatic carbocycles. The van der Waals surface area contributed by atoms with Gasteiger partial charge in [0, 0.05) is 36.2 Å². The second-order valence-corrected chi connectivity index (χ2v) is 11.0. The van der Waals surface area contributed by atoms with Gasteiger partial charge < -0.3 is 10.1 Å². The Morgan fingerprint density at radius 3 is 2.53 bits per heavy atom. The summed E-state index contributed by atoms with van der Waals surface area (Å²) in [4.78, 5) is 12.9. The van der Waals surface area contributed by atoms with Crippen molar-refractivity contribution in [2.24, 2.45) is 0 Å². The largest absolute Gasteiger partial charge is 0.496 e. The Hall–Kier alpha value is -1.74. The van der Waals surface area contributed by atoms with E-state index in [2.05, 4.69) is 5.32 Å². The number of carbonyl (C=O) groups excluding carboxylic acids is 1. The average molecular weight is 497 g/mol. The van der Waals surface area contributed by atoms with Gasteiger partial charge in [0.2, 0.25) is 10.0 Å². The summed E-state index contributed by atoms with van der Waals surface area (Å²) in [6, 6.07) is 12.2. The topological polar surface area (TPSA) is 75.7 Å². The average Bonchev–Trinajstić information content (AvgIpc) is 3.09. The summed E-state index contributed by atoms with van der Waals surface area (Å²) in [5, 5.41) is 3.59. The third-order valence-electron chi connectivity index (χ3n) is 5.37. The van der Waals surface area contributed by atoms with E-state index in [4.69, 9.17) is 16.3 Å². The highest BCUT2D eigenvalue weighted by molar-refractivity contribution is 7.98. The zero-order valence-electron chi connectivity index (χ0n) is 18.2. The molecule has 0 aliphatic carbocycles. The fourth-order valence-corrected chi connectivity index (χ4v) is 6.27. The number of nitrogens with zero attached hydrogens (tertiary/aromatic N) is 1. The standard InChI is InChI=1S/C23H29ClN2O4S2/c1-30-22-11-10-19(32(28,29)26-13-6-2-3-7-14-26)16-20(22)23(27)25-12-15-31-17-18-8-4-5-9-21(18)24/h4-5,8-11,16H,2-3,6-7,12-15,17H2,1H3,(H,25,27). The van der Waals surface area contributed by atoms with E-state index in [1.54, 1.807) is 17.8 Å². The molecular formula is C23H29ClN2O4S2. The van der Waals surface area contributed by atoms with Gasteiger partial charge in [0.15, 0.2) is 0 Å². The number of halogens is 1. The van der Waals surface area contributed by atoms with Crippen molar-refractivity contribution in [2.45, 2.75) is 36.3 Å². The van der Waals surface area contributed by atoms with Gasteiger partial charge in [-0.1, -0.05) is 42.6 Å². The molecule has 0 unspecified atom stereocenters. The highest BCUT2D eigenvalue weighted by Gasteiger charge is 2.27. The molecule has 1 aliphatic rings. The van der Waals surface area contributed by atoms with Crippen molar-refractivity contribution in [1.82, 2.24) is 9.62 Å². The molecule has 1 aliphatic heterocycles. The summed E-state index contributed by atoms with van der Waals surface area (Å²) in [5.74, 6) is 1.45. The Balaban J connectivity index is 1.63. The van der Waals surface area contributed by atoms with Crippen LogP contribution in [0.25, 0.3) is 0 Å². The predicted octanol–water partition coefficient (Wildman–Crippen LogP) is 4.58. The van der Waals surface area contributed by atoms with Gasteiger partial charge in [0.25, 0.3) is 5.91 Å². The van der Waals surface area contributed by atoms with E-state index in [-0.39, 0.29) is 16.4 Å². The summed E-state index contributed by atoms with van der Waals surface area (Å²) < 4.78 is 33.1. The minimum Gasteiger partial charge on any atom is -0.496 e. The van der Waals surface area contributed by atoms with Crippen LogP contribution in [0.1, 0.15) is 41.6 Å². The van der Waals surface area contributed by atoms with E-state index < -0.39 is 10.0 Å². The fourth-order valence-electron chi connectivity index (χ4n) is 3.59. The Bertz CT molecular complexity index is 1020. The lowest BCUT2D eigenvalue weighted by molar-refractivity contribution is 0.0953. The maximum Gasteiger partial charge on any atom is 0.255 e. The molecular weight excluding hydrogens is 468 g/mol. The lowest BCUT2D eigenvalue weighted by Crippen LogP contribution is -2.32. The molecule has 0 aromatic heterocycles. The molecule has 0 radical (unpaired) electrons. The molecule has 0 saturated carbocycles. The van der Waals surface area contributed by atoms with Crippen LogP contribution in [0.3, 0.4) is 0 Å². The molecule has 0 atom stereocenters. The molecule has 174 valence electrons. The maximum atomic E-state index is 13.1. The quantitative estimate of drug-likeness (QED) is 0.514. The third-order valence-corrected chi connectivity index (χ3v) is 8.64. The first-order valence-corrected chi connectivity index (χ1v) is 13.7. The molecule has 2 aromatic rings. The Morgan fingerprint density at radius 1 is 1.12 bits per heavy atom. The van der Waals surface area contributed by atoms with E-state index in [9.17, 15) is 13.2 Å². The normalized spacial score (nSPS) is 15.2. The SMILES string of the molecule is COc1ccc(S(=O)(=O)N2CCCCCC2)cc1C(=O)NCCSCc1ccccc1Cl. The number of nitrogens with one attached hydrogen (secondary N) is 1. The Kier molecular flexibility index (Phi) is 9.28. The molecule has 1 saturated heterocycles. The number of methoxy groups -OCH3 is 1. The first-order chi connectivity index (χ1) is 15.4. The minimum atomic E-state index is -3.65. The molecule has 1 fully saturated rings. The highest BCUT2D eigenvalue weighted by atomic mass is 35.5. The van der Waals surface area contributed by atoms with Crippen LogP contribution in [-0.2, 0) is 15.8 Å². The van der Waals surface area contributed by atoms with Crippen LogP contribution in [0.5, 0.6) is 5.75 Å². The van der Waals surface area contributed by atoms with Crippen molar-refractivity contribution in [3.8, 4) is 5.75 Å². The lowest BCUT2D eigenvalue weighted by Gasteiger charge is -2.20. The molecule has 1 N–H and O–H groups in total. The van der Waals surface area contributed by atoms with Crippen LogP contribution in [-0.4, -0.2) is 51.1 Å². The Morgan fingerprint density at radius 2 is 1.84 bits per heavy atom. The van der Waals surface area contributed by atoms with Crippen molar-refractivity contribution in [2.75, 3.05) is 32.5 Å². The van der Waals surface area contributed by atoms with E-state index in [1.165, 1.54) is 23.5 Å². The number of thioether (sulfide) groups is 1. The van der Waals surface area contributed by atoms with E-state index >= 15 is 0 Å². The van der Waals surface area contributed by atoms with Gasteiger partial charge in [-0.15, -0.1) is 0 Å². The molecule has 3 rings (SSSR count). The molecule has 1 amide bonds. The van der Waals surface area contributed by atoms with Crippen molar-refractivity contribution in [1.29, 1.82) is 0 Å². The van der Waals surface area contributed by atoms with Crippen LogP contribution in [0.4, 0.5) is 0 Å². The fraction of sp³-hybridized carbons (Fsp3) is 0.435. The first kappa shape index (κ1) is 24.9. The van der Waals surface area contributed by atoms with Gasteiger partial charge in [-0.25, -0.2) is 8.42 Å². The smallest absolute Gasteiger partial charge is 0.255 e. The molecule has 0 spiro atoms. The zero-order valence-corrected chi connectivity index (χ0v) is 20.6. The second kappa shape index (κ2) is 11.9. The number of rotatable bonds is 9. The summed E-state index contributed by atoms with van der Waals surface area (Å²) in [6.45, 7) is 1.47. The van der Waals surface area contributed by atoms with Crippen LogP contribution >= 0.6 is 23.4 Å². The number of sulfonamides is 1. The van der Waals surface area contributed by atoms with Crippen molar-refractivity contribution in [3.05, 3.63) is 58.6 Å². The molecule has 9 heteroatoms. The van der Waals surface area contributed by atoms with Crippen molar-refractivity contribution >= 4 is 39.3 Å². The molecule has 0 bridgehead atoms.